The molecule has 1 aliphatic rings. The molecule has 0 spiro atoms. The van der Waals surface area contributed by atoms with Crippen molar-refractivity contribution in [2.24, 2.45) is 0 Å². The highest BCUT2D eigenvalue weighted by Gasteiger charge is 2.27. The van der Waals surface area contributed by atoms with Crippen molar-refractivity contribution in [2.75, 3.05) is 13.2 Å². The molecule has 0 aliphatic carbocycles. The minimum Gasteiger partial charge on any atom is -0.478 e. The maximum Gasteiger partial charge on any atom is 0.336 e. The summed E-state index contributed by atoms with van der Waals surface area (Å²) in [5.74, 6) is -1.45. The lowest BCUT2D eigenvalue weighted by atomic mass is 9.96. The summed E-state index contributed by atoms with van der Waals surface area (Å²) in [6.07, 6.45) is 0.777. The summed E-state index contributed by atoms with van der Waals surface area (Å²) in [6.45, 7) is 4.42. The van der Waals surface area contributed by atoms with Crippen molar-refractivity contribution in [3.05, 3.63) is 34.4 Å². The standard InChI is InChI=1S/C13H15NO4/c1-8-4-5-9(2)11(13(16)17)10(8)12(15)14-6-3-7-18-14/h4-5H,3,6-7H2,1-2H3,(H,16,17). The minimum absolute atomic E-state index is 0.0653. The number of carboxylic acids is 1. The number of carbonyl (C=O) groups excluding carboxylic acids is 1. The van der Waals surface area contributed by atoms with Crippen molar-refractivity contribution in [1.29, 1.82) is 0 Å². The van der Waals surface area contributed by atoms with Gasteiger partial charge in [-0.05, 0) is 31.4 Å². The van der Waals surface area contributed by atoms with Crippen molar-refractivity contribution >= 4 is 11.9 Å². The molecule has 0 atom stereocenters. The van der Waals surface area contributed by atoms with E-state index in [1.54, 1.807) is 26.0 Å². The molecule has 2 rings (SSSR count). The van der Waals surface area contributed by atoms with E-state index in [0.29, 0.717) is 24.3 Å². The highest BCUT2D eigenvalue weighted by Crippen LogP contribution is 2.22. The van der Waals surface area contributed by atoms with Gasteiger partial charge in [-0.3, -0.25) is 9.63 Å². The van der Waals surface area contributed by atoms with Crippen LogP contribution in [-0.2, 0) is 4.84 Å². The second kappa shape index (κ2) is 4.78. The number of benzene rings is 1. The van der Waals surface area contributed by atoms with Crippen molar-refractivity contribution in [1.82, 2.24) is 5.06 Å². The van der Waals surface area contributed by atoms with E-state index < -0.39 is 5.97 Å². The number of aryl methyl sites for hydroxylation is 2. The fourth-order valence-electron chi connectivity index (χ4n) is 2.09. The van der Waals surface area contributed by atoms with Crippen molar-refractivity contribution in [3.63, 3.8) is 0 Å². The van der Waals surface area contributed by atoms with Crippen LogP contribution in [0.2, 0.25) is 0 Å². The average Bonchev–Trinajstić information content (AvgIpc) is 2.84. The first-order valence-corrected chi connectivity index (χ1v) is 5.80. The largest absolute Gasteiger partial charge is 0.478 e. The lowest BCUT2D eigenvalue weighted by Gasteiger charge is -2.18. The van der Waals surface area contributed by atoms with Crippen LogP contribution >= 0.6 is 0 Å². The Morgan fingerprint density at radius 1 is 1.22 bits per heavy atom. The molecule has 0 radical (unpaired) electrons. The second-order valence-electron chi connectivity index (χ2n) is 4.35. The van der Waals surface area contributed by atoms with E-state index in [0.717, 1.165) is 6.42 Å². The van der Waals surface area contributed by atoms with Crippen LogP contribution in [0.3, 0.4) is 0 Å². The predicted molar refractivity (Wildman–Crippen MR) is 64.5 cm³/mol. The van der Waals surface area contributed by atoms with Gasteiger partial charge >= 0.3 is 5.97 Å². The van der Waals surface area contributed by atoms with Gasteiger partial charge in [-0.1, -0.05) is 12.1 Å². The van der Waals surface area contributed by atoms with Gasteiger partial charge in [0.25, 0.3) is 5.91 Å². The summed E-state index contributed by atoms with van der Waals surface area (Å²) < 4.78 is 0. The first kappa shape index (κ1) is 12.6. The summed E-state index contributed by atoms with van der Waals surface area (Å²) in [6, 6.07) is 3.46. The number of hydrogen-bond acceptors (Lipinski definition) is 3. The van der Waals surface area contributed by atoms with Crippen LogP contribution in [0.15, 0.2) is 12.1 Å². The maximum absolute atomic E-state index is 12.3. The molecule has 96 valence electrons. The van der Waals surface area contributed by atoms with Gasteiger partial charge < -0.3 is 5.11 Å². The third kappa shape index (κ3) is 2.09. The lowest BCUT2D eigenvalue weighted by Crippen LogP contribution is -2.29. The Morgan fingerprint density at radius 3 is 2.33 bits per heavy atom. The van der Waals surface area contributed by atoms with Crippen molar-refractivity contribution in [2.45, 2.75) is 20.3 Å². The van der Waals surface area contributed by atoms with Gasteiger partial charge in [0.2, 0.25) is 0 Å². The van der Waals surface area contributed by atoms with E-state index in [1.807, 2.05) is 0 Å². The fraction of sp³-hybridized carbons (Fsp3) is 0.385. The Bertz CT molecular complexity index is 504. The van der Waals surface area contributed by atoms with E-state index in [-0.39, 0.29) is 17.0 Å². The zero-order valence-electron chi connectivity index (χ0n) is 10.4. The first-order valence-electron chi connectivity index (χ1n) is 5.80. The maximum atomic E-state index is 12.3. The Balaban J connectivity index is 2.51. The number of nitrogens with zero attached hydrogens (tertiary/aromatic N) is 1. The molecule has 18 heavy (non-hydrogen) atoms. The van der Waals surface area contributed by atoms with Crippen LogP contribution in [0.1, 0.15) is 38.3 Å². The molecule has 1 fully saturated rings. The van der Waals surface area contributed by atoms with E-state index >= 15 is 0 Å². The van der Waals surface area contributed by atoms with Gasteiger partial charge in [0, 0.05) is 0 Å². The minimum atomic E-state index is -1.08. The molecule has 1 amide bonds. The van der Waals surface area contributed by atoms with Crippen LogP contribution in [0.25, 0.3) is 0 Å². The molecule has 1 saturated heterocycles. The number of carboxylic acid groups (broad SMARTS) is 1. The van der Waals surface area contributed by atoms with Gasteiger partial charge in [0.1, 0.15) is 0 Å². The van der Waals surface area contributed by atoms with Crippen molar-refractivity contribution < 1.29 is 19.5 Å². The number of aromatic carboxylic acids is 1. The van der Waals surface area contributed by atoms with Crippen molar-refractivity contribution in [3.8, 4) is 0 Å². The number of carbonyl (C=O) groups is 2. The third-order valence-electron chi connectivity index (χ3n) is 3.03. The summed E-state index contributed by atoms with van der Waals surface area (Å²) in [5.41, 5.74) is 1.52. The van der Waals surface area contributed by atoms with Gasteiger partial charge in [-0.25, -0.2) is 9.86 Å². The SMILES string of the molecule is Cc1ccc(C)c(C(=O)N2CCCO2)c1C(=O)O. The molecule has 1 aliphatic heterocycles. The summed E-state index contributed by atoms with van der Waals surface area (Å²) >= 11 is 0. The third-order valence-corrected chi connectivity index (χ3v) is 3.03. The van der Waals surface area contributed by atoms with Crippen LogP contribution < -0.4 is 0 Å². The molecular weight excluding hydrogens is 234 g/mol. The zero-order valence-corrected chi connectivity index (χ0v) is 10.4. The van der Waals surface area contributed by atoms with Crippen LogP contribution in [0.5, 0.6) is 0 Å². The van der Waals surface area contributed by atoms with Gasteiger partial charge in [0.05, 0.1) is 24.3 Å². The quantitative estimate of drug-likeness (QED) is 0.867. The zero-order chi connectivity index (χ0) is 13.3. The Hall–Kier alpha value is -1.88. The second-order valence-corrected chi connectivity index (χ2v) is 4.35. The Kier molecular flexibility index (Phi) is 3.34. The topological polar surface area (TPSA) is 66.8 Å². The molecule has 0 saturated carbocycles. The Labute approximate surface area is 105 Å². The predicted octanol–water partition coefficient (Wildman–Crippen LogP) is 1.78. The highest BCUT2D eigenvalue weighted by atomic mass is 16.7. The first-order chi connectivity index (χ1) is 8.52. The molecule has 1 aromatic rings. The highest BCUT2D eigenvalue weighted by molar-refractivity contribution is 6.06. The molecule has 1 heterocycles. The number of hydrogen-bond donors (Lipinski definition) is 1. The monoisotopic (exact) mass is 249 g/mol. The summed E-state index contributed by atoms with van der Waals surface area (Å²) in [5, 5.41) is 10.5. The van der Waals surface area contributed by atoms with Gasteiger partial charge in [-0.2, -0.15) is 0 Å². The number of hydroxylamine groups is 2. The Morgan fingerprint density at radius 2 is 1.83 bits per heavy atom. The molecular formula is C13H15NO4. The normalized spacial score (nSPS) is 14.9. The van der Waals surface area contributed by atoms with Gasteiger partial charge in [-0.15, -0.1) is 0 Å². The van der Waals surface area contributed by atoms with Crippen LogP contribution in [0, 0.1) is 13.8 Å². The smallest absolute Gasteiger partial charge is 0.336 e. The molecule has 0 bridgehead atoms. The molecule has 1 N–H and O–H groups in total. The molecule has 1 aromatic carbocycles. The summed E-state index contributed by atoms with van der Waals surface area (Å²) in [4.78, 5) is 28.8. The molecule has 5 nitrogen and oxygen atoms in total. The van der Waals surface area contributed by atoms with Crippen LogP contribution in [-0.4, -0.2) is 35.2 Å². The lowest BCUT2D eigenvalue weighted by molar-refractivity contribution is -0.0769. The van der Waals surface area contributed by atoms with E-state index in [1.165, 1.54) is 5.06 Å². The molecule has 0 unspecified atom stereocenters. The number of amides is 1. The molecule has 5 heteroatoms. The van der Waals surface area contributed by atoms with E-state index in [2.05, 4.69) is 0 Å². The molecule has 0 aromatic heterocycles. The fourth-order valence-corrected chi connectivity index (χ4v) is 2.09. The van der Waals surface area contributed by atoms with Gasteiger partial charge in [0.15, 0.2) is 0 Å². The summed E-state index contributed by atoms with van der Waals surface area (Å²) in [7, 11) is 0. The average molecular weight is 249 g/mol. The van der Waals surface area contributed by atoms with Crippen LogP contribution in [0.4, 0.5) is 0 Å². The van der Waals surface area contributed by atoms with E-state index in [4.69, 9.17) is 4.84 Å². The van der Waals surface area contributed by atoms with E-state index in [9.17, 15) is 14.7 Å². The number of rotatable bonds is 2.